The zero-order valence-electron chi connectivity index (χ0n) is 23.6. The van der Waals surface area contributed by atoms with Crippen molar-refractivity contribution in [2.24, 2.45) is 0 Å². The normalized spacial score (nSPS) is 19.3. The molecule has 3 aromatic carbocycles. The van der Waals surface area contributed by atoms with E-state index in [2.05, 4.69) is 17.5 Å². The van der Waals surface area contributed by atoms with E-state index in [-0.39, 0.29) is 36.7 Å². The smallest absolute Gasteiger partial charge is 0.337 e. The molecule has 0 saturated carbocycles. The molecule has 2 fully saturated rings. The molecule has 42 heavy (non-hydrogen) atoms. The monoisotopic (exact) mass is 583 g/mol. The van der Waals surface area contributed by atoms with Crippen LogP contribution in [-0.2, 0) is 29.2 Å². The van der Waals surface area contributed by atoms with E-state index in [9.17, 15) is 19.5 Å². The number of benzene rings is 3. The first-order valence-corrected chi connectivity index (χ1v) is 14.8. The number of phenols is 1. The highest BCUT2D eigenvalue weighted by atomic mass is 32.1. The van der Waals surface area contributed by atoms with Crippen molar-refractivity contribution < 1.29 is 19.5 Å². The number of carbonyl (C=O) groups excluding carboxylic acids is 3. The third-order valence-electron chi connectivity index (χ3n) is 8.07. The predicted molar refractivity (Wildman–Crippen MR) is 161 cm³/mol. The zero-order valence-corrected chi connectivity index (χ0v) is 24.4. The number of hydrazine groups is 1. The van der Waals surface area contributed by atoms with Gasteiger partial charge in [0, 0.05) is 31.4 Å². The number of aromatic hydroxyl groups is 1. The van der Waals surface area contributed by atoms with Gasteiger partial charge < -0.3 is 19.8 Å². The Hall–Kier alpha value is -4.41. The van der Waals surface area contributed by atoms with Crippen LogP contribution in [0.5, 0.6) is 5.75 Å². The van der Waals surface area contributed by atoms with Crippen LogP contribution in [0, 0.1) is 0 Å². The Morgan fingerprint density at radius 3 is 2.31 bits per heavy atom. The molecule has 0 spiro atoms. The summed E-state index contributed by atoms with van der Waals surface area (Å²) in [4.78, 5) is 46.3. The maximum atomic E-state index is 14.5. The minimum absolute atomic E-state index is 0.00417. The van der Waals surface area contributed by atoms with Crippen LogP contribution < -0.4 is 0 Å². The van der Waals surface area contributed by atoms with Crippen molar-refractivity contribution in [2.45, 2.75) is 38.8 Å². The molecule has 1 unspecified atom stereocenters. The maximum absolute atomic E-state index is 14.5. The average molecular weight is 584 g/mol. The fourth-order valence-corrected chi connectivity index (χ4v) is 6.86. The van der Waals surface area contributed by atoms with E-state index in [1.54, 1.807) is 67.4 Å². The highest BCUT2D eigenvalue weighted by Crippen LogP contribution is 2.32. The topological polar surface area (TPSA) is 87.6 Å². The fraction of sp³-hybridized carbons (Fsp3) is 0.281. The number of hydrogen-bond acceptors (Lipinski definition) is 6. The van der Waals surface area contributed by atoms with Gasteiger partial charge in [-0.15, -0.1) is 11.3 Å². The van der Waals surface area contributed by atoms with Crippen LogP contribution in [0.2, 0.25) is 0 Å². The standard InChI is InChI=1S/C32H33N5O4S/c1-22-31-36(20-30(40)35(22)18-25-21-42-28-11-7-6-10-27(25)28)29(39)19-33(2)37(31)32(41)34(16-23-8-4-3-5-9-23)17-24-12-14-26(38)15-13-24/h3-15,21-22,31,38H,16-20H2,1-2H3/t22-,31?/m0/s1. The van der Waals surface area contributed by atoms with Crippen LogP contribution in [0.1, 0.15) is 23.6 Å². The van der Waals surface area contributed by atoms with Gasteiger partial charge in [-0.3, -0.25) is 9.59 Å². The SMILES string of the molecule is C[C@H]1C2N(CC(=O)N1Cc1csc3ccccc13)C(=O)CN(C)N2C(=O)N(Cc1ccccc1)Cc1ccc(O)cc1. The molecule has 216 valence electrons. The predicted octanol–water partition coefficient (Wildman–Crippen LogP) is 4.48. The van der Waals surface area contributed by atoms with Gasteiger partial charge >= 0.3 is 6.03 Å². The van der Waals surface area contributed by atoms with E-state index in [0.717, 1.165) is 26.8 Å². The van der Waals surface area contributed by atoms with Crippen LogP contribution >= 0.6 is 11.3 Å². The number of carbonyl (C=O) groups is 3. The average Bonchev–Trinajstić information content (AvgIpc) is 3.40. The van der Waals surface area contributed by atoms with E-state index in [1.165, 1.54) is 0 Å². The minimum atomic E-state index is -0.663. The van der Waals surface area contributed by atoms with Gasteiger partial charge in [-0.2, -0.15) is 0 Å². The number of thiophene rings is 1. The summed E-state index contributed by atoms with van der Waals surface area (Å²) in [5, 5.41) is 16.3. The molecule has 3 heterocycles. The van der Waals surface area contributed by atoms with Gasteiger partial charge in [0.25, 0.3) is 0 Å². The van der Waals surface area contributed by atoms with Crippen molar-refractivity contribution in [3.8, 4) is 5.75 Å². The quantitative estimate of drug-likeness (QED) is 0.362. The Morgan fingerprint density at radius 1 is 0.905 bits per heavy atom. The van der Waals surface area contributed by atoms with Gasteiger partial charge in [0.2, 0.25) is 11.8 Å². The Labute approximate surface area is 248 Å². The highest BCUT2D eigenvalue weighted by Gasteiger charge is 2.50. The van der Waals surface area contributed by atoms with E-state index >= 15 is 0 Å². The Balaban J connectivity index is 1.32. The number of rotatable bonds is 6. The van der Waals surface area contributed by atoms with E-state index in [4.69, 9.17) is 0 Å². The summed E-state index contributed by atoms with van der Waals surface area (Å²) < 4.78 is 1.15. The third-order valence-corrected chi connectivity index (χ3v) is 9.08. The lowest BCUT2D eigenvalue weighted by Crippen LogP contribution is -2.75. The zero-order chi connectivity index (χ0) is 29.4. The number of nitrogens with zero attached hydrogens (tertiary/aromatic N) is 5. The molecule has 4 amide bonds. The van der Waals surface area contributed by atoms with Crippen molar-refractivity contribution in [3.63, 3.8) is 0 Å². The lowest BCUT2D eigenvalue weighted by atomic mass is 10.0. The van der Waals surface area contributed by atoms with Crippen molar-refractivity contribution >= 4 is 39.3 Å². The van der Waals surface area contributed by atoms with E-state index in [0.29, 0.717) is 19.6 Å². The van der Waals surface area contributed by atoms with Crippen LogP contribution in [0.3, 0.4) is 0 Å². The van der Waals surface area contributed by atoms with Gasteiger partial charge in [-0.1, -0.05) is 60.7 Å². The van der Waals surface area contributed by atoms with Crippen LogP contribution in [0.25, 0.3) is 10.1 Å². The van der Waals surface area contributed by atoms with Crippen molar-refractivity contribution in [1.82, 2.24) is 24.7 Å². The number of fused-ring (bicyclic) bond motifs is 2. The van der Waals surface area contributed by atoms with Gasteiger partial charge in [-0.05, 0) is 52.6 Å². The number of urea groups is 1. The molecule has 4 aromatic rings. The lowest BCUT2D eigenvalue weighted by molar-refractivity contribution is -0.188. The summed E-state index contributed by atoms with van der Waals surface area (Å²) in [6, 6.07) is 24.0. The van der Waals surface area contributed by atoms with Gasteiger partial charge in [0.15, 0.2) is 0 Å². The Morgan fingerprint density at radius 2 is 1.57 bits per heavy atom. The molecule has 0 radical (unpaired) electrons. The van der Waals surface area contributed by atoms with Crippen LogP contribution in [-0.4, -0.2) is 80.0 Å². The van der Waals surface area contributed by atoms with Crippen molar-refractivity contribution in [2.75, 3.05) is 20.1 Å². The number of piperazine rings is 1. The molecular formula is C32H33N5O4S. The molecule has 2 aliphatic heterocycles. The van der Waals surface area contributed by atoms with Crippen molar-refractivity contribution in [1.29, 1.82) is 0 Å². The first-order valence-electron chi connectivity index (χ1n) is 13.9. The largest absolute Gasteiger partial charge is 0.508 e. The molecule has 2 atom stereocenters. The Bertz CT molecular complexity index is 1610. The number of likely N-dealkylation sites (N-methyl/N-ethyl adjacent to an activating group) is 1. The van der Waals surface area contributed by atoms with Crippen LogP contribution in [0.15, 0.2) is 84.2 Å². The summed E-state index contributed by atoms with van der Waals surface area (Å²) in [6.07, 6.45) is -0.663. The first kappa shape index (κ1) is 27.7. The second kappa shape index (κ2) is 11.5. The van der Waals surface area contributed by atoms with E-state index < -0.39 is 12.2 Å². The lowest BCUT2D eigenvalue weighted by Gasteiger charge is -2.55. The second-order valence-corrected chi connectivity index (χ2v) is 11.8. The Kier molecular flexibility index (Phi) is 7.57. The van der Waals surface area contributed by atoms with Crippen LogP contribution in [0.4, 0.5) is 4.79 Å². The van der Waals surface area contributed by atoms with E-state index in [1.807, 2.05) is 49.4 Å². The summed E-state index contributed by atoms with van der Waals surface area (Å²) in [6.45, 7) is 2.88. The molecule has 6 rings (SSSR count). The van der Waals surface area contributed by atoms with Gasteiger partial charge in [0.05, 0.1) is 12.6 Å². The molecule has 10 heteroatoms. The van der Waals surface area contributed by atoms with Gasteiger partial charge in [0.1, 0.15) is 18.5 Å². The summed E-state index contributed by atoms with van der Waals surface area (Å²) in [5.41, 5.74) is 2.88. The molecule has 1 aromatic heterocycles. The van der Waals surface area contributed by atoms with Gasteiger partial charge in [-0.25, -0.2) is 14.8 Å². The number of phenolic OH excluding ortho intramolecular Hbond substituents is 1. The van der Waals surface area contributed by atoms with Crippen molar-refractivity contribution in [3.05, 3.63) is 101 Å². The maximum Gasteiger partial charge on any atom is 0.337 e. The molecular weight excluding hydrogens is 550 g/mol. The molecule has 0 aliphatic carbocycles. The fourth-order valence-electron chi connectivity index (χ4n) is 5.91. The summed E-state index contributed by atoms with van der Waals surface area (Å²) in [7, 11) is 1.74. The molecule has 1 N–H and O–H groups in total. The third kappa shape index (κ3) is 5.31. The summed E-state index contributed by atoms with van der Waals surface area (Å²) >= 11 is 1.64. The molecule has 0 bridgehead atoms. The molecule has 2 saturated heterocycles. The highest BCUT2D eigenvalue weighted by molar-refractivity contribution is 7.17. The number of amides is 4. The molecule has 2 aliphatic rings. The minimum Gasteiger partial charge on any atom is -0.508 e. The number of hydrogen-bond donors (Lipinski definition) is 1. The summed E-state index contributed by atoms with van der Waals surface area (Å²) in [5.74, 6) is -0.158. The first-order chi connectivity index (χ1) is 20.3. The molecule has 9 nitrogen and oxygen atoms in total. The second-order valence-electron chi connectivity index (χ2n) is 10.9.